The minimum atomic E-state index is -1.03. The van der Waals surface area contributed by atoms with Crippen molar-refractivity contribution < 1.29 is 24.6 Å². The number of Topliss-reactive ketones (excluding diaryl/α,β-unsaturated/α-hetero) is 1. The van der Waals surface area contributed by atoms with Crippen LogP contribution in [0.5, 0.6) is 0 Å². The molecule has 0 saturated heterocycles. The zero-order chi connectivity index (χ0) is 23.3. The number of hydrogen-bond donors (Lipinski definition) is 3. The summed E-state index contributed by atoms with van der Waals surface area (Å²) in [7, 11) is 0. The van der Waals surface area contributed by atoms with E-state index in [0.717, 1.165) is 32.1 Å². The Hall–Kier alpha value is -1.43. The van der Waals surface area contributed by atoms with Crippen molar-refractivity contribution in [1.29, 1.82) is 0 Å². The van der Waals surface area contributed by atoms with Gasteiger partial charge in [0, 0.05) is 18.3 Å². The average Bonchev–Trinajstić information content (AvgIpc) is 3.10. The van der Waals surface area contributed by atoms with E-state index in [4.69, 9.17) is 5.11 Å². The van der Waals surface area contributed by atoms with Crippen molar-refractivity contribution in [2.45, 2.75) is 91.1 Å². The van der Waals surface area contributed by atoms with E-state index in [-0.39, 0.29) is 35.3 Å². The van der Waals surface area contributed by atoms with Gasteiger partial charge in [0.15, 0.2) is 0 Å². The van der Waals surface area contributed by atoms with Gasteiger partial charge in [-0.1, -0.05) is 20.8 Å². The Kier molecular flexibility index (Phi) is 6.47. The molecule has 4 aliphatic rings. The van der Waals surface area contributed by atoms with E-state index in [0.29, 0.717) is 54.6 Å². The fourth-order valence-corrected chi connectivity index (χ4v) is 8.71. The van der Waals surface area contributed by atoms with Crippen LogP contribution >= 0.6 is 0 Å². The number of amides is 1. The molecule has 0 aliphatic heterocycles. The van der Waals surface area contributed by atoms with Gasteiger partial charge >= 0.3 is 5.97 Å². The summed E-state index contributed by atoms with van der Waals surface area (Å²) in [6.45, 7) is 6.45. The second-order valence-electron chi connectivity index (χ2n) is 11.9. The Balaban J connectivity index is 1.45. The number of aliphatic hydroxyl groups excluding tert-OH is 1. The van der Waals surface area contributed by atoms with E-state index in [1.54, 1.807) is 0 Å². The lowest BCUT2D eigenvalue weighted by Crippen LogP contribution is -2.57. The van der Waals surface area contributed by atoms with Gasteiger partial charge in [-0.15, -0.1) is 0 Å². The van der Waals surface area contributed by atoms with E-state index < -0.39 is 5.97 Å². The summed E-state index contributed by atoms with van der Waals surface area (Å²) in [6, 6.07) is 0. The second kappa shape index (κ2) is 8.73. The van der Waals surface area contributed by atoms with Crippen LogP contribution in [0, 0.1) is 46.3 Å². The fourth-order valence-electron chi connectivity index (χ4n) is 8.71. The van der Waals surface area contributed by atoms with E-state index in [9.17, 15) is 19.5 Å². The van der Waals surface area contributed by atoms with Crippen molar-refractivity contribution in [3.05, 3.63) is 0 Å². The SMILES string of the molecule is C[C@H](CCC(=O)NCC(=O)O)[C@H]1CC[C@H]2[C@@H]3CC[C@@H]4C[C@H](O)CC[C@]4(C)[C@H]3CC(=O)[C@]12C. The predicted octanol–water partition coefficient (Wildman–Crippen LogP) is 3.80. The summed E-state index contributed by atoms with van der Waals surface area (Å²) in [4.78, 5) is 36.4. The molecule has 0 unspecified atom stereocenters. The molecular formula is C26H41NO5. The summed E-state index contributed by atoms with van der Waals surface area (Å²) < 4.78 is 0. The van der Waals surface area contributed by atoms with E-state index in [2.05, 4.69) is 26.1 Å². The smallest absolute Gasteiger partial charge is 0.322 e. The maximum atomic E-state index is 13.8. The number of carboxylic acid groups (broad SMARTS) is 1. The molecule has 1 amide bonds. The third-order valence-corrected chi connectivity index (χ3v) is 10.5. The van der Waals surface area contributed by atoms with Crippen LogP contribution in [0.15, 0.2) is 0 Å². The number of rotatable bonds is 6. The molecule has 0 bridgehead atoms. The molecule has 4 fully saturated rings. The van der Waals surface area contributed by atoms with E-state index in [1.807, 2.05) is 0 Å². The van der Waals surface area contributed by atoms with Crippen LogP contribution in [0.4, 0.5) is 0 Å². The third-order valence-electron chi connectivity index (χ3n) is 10.5. The maximum absolute atomic E-state index is 13.8. The Labute approximate surface area is 191 Å². The van der Waals surface area contributed by atoms with Crippen LogP contribution in [0.2, 0.25) is 0 Å². The minimum absolute atomic E-state index is 0.168. The first-order chi connectivity index (χ1) is 15.1. The molecular weight excluding hydrogens is 406 g/mol. The average molecular weight is 448 g/mol. The van der Waals surface area contributed by atoms with Crippen molar-refractivity contribution in [2.75, 3.05) is 6.54 Å². The van der Waals surface area contributed by atoms with Crippen LogP contribution in [-0.4, -0.2) is 40.5 Å². The number of aliphatic carboxylic acids is 1. The molecule has 3 N–H and O–H groups in total. The molecule has 0 radical (unpaired) electrons. The van der Waals surface area contributed by atoms with Crippen molar-refractivity contribution >= 4 is 17.7 Å². The minimum Gasteiger partial charge on any atom is -0.480 e. The number of aliphatic hydroxyl groups is 1. The molecule has 0 aromatic heterocycles. The number of fused-ring (bicyclic) bond motifs is 5. The summed E-state index contributed by atoms with van der Waals surface area (Å²) in [5, 5.41) is 21.4. The molecule has 6 heteroatoms. The van der Waals surface area contributed by atoms with Crippen LogP contribution < -0.4 is 5.32 Å². The highest BCUT2D eigenvalue weighted by Crippen LogP contribution is 2.67. The van der Waals surface area contributed by atoms with Gasteiger partial charge in [0.2, 0.25) is 5.91 Å². The number of carboxylic acids is 1. The Morgan fingerprint density at radius 1 is 1.12 bits per heavy atom. The molecule has 6 nitrogen and oxygen atoms in total. The lowest BCUT2D eigenvalue weighted by atomic mass is 9.44. The first-order valence-electron chi connectivity index (χ1n) is 12.8. The highest BCUT2D eigenvalue weighted by molar-refractivity contribution is 5.87. The van der Waals surface area contributed by atoms with E-state index in [1.165, 1.54) is 12.8 Å². The quantitative estimate of drug-likeness (QED) is 0.575. The second-order valence-corrected chi connectivity index (χ2v) is 11.9. The number of carbonyl (C=O) groups excluding carboxylic acids is 2. The van der Waals surface area contributed by atoms with Crippen molar-refractivity contribution in [2.24, 2.45) is 46.3 Å². The van der Waals surface area contributed by atoms with Gasteiger partial charge in [-0.25, -0.2) is 0 Å². The van der Waals surface area contributed by atoms with Gasteiger partial charge in [0.25, 0.3) is 0 Å². The zero-order valence-corrected chi connectivity index (χ0v) is 19.9. The summed E-state index contributed by atoms with van der Waals surface area (Å²) in [5.74, 6) is 1.78. The molecule has 4 rings (SSSR count). The van der Waals surface area contributed by atoms with Gasteiger partial charge in [-0.3, -0.25) is 14.4 Å². The Morgan fingerprint density at radius 2 is 1.88 bits per heavy atom. The third kappa shape index (κ3) is 3.91. The predicted molar refractivity (Wildman–Crippen MR) is 121 cm³/mol. The molecule has 4 aliphatic carbocycles. The molecule has 9 atom stereocenters. The maximum Gasteiger partial charge on any atom is 0.322 e. The zero-order valence-electron chi connectivity index (χ0n) is 19.9. The molecule has 0 aromatic rings. The van der Waals surface area contributed by atoms with Crippen LogP contribution in [-0.2, 0) is 14.4 Å². The molecule has 0 heterocycles. The lowest BCUT2D eigenvalue weighted by molar-refractivity contribution is -0.160. The Morgan fingerprint density at radius 3 is 2.59 bits per heavy atom. The van der Waals surface area contributed by atoms with Crippen LogP contribution in [0.25, 0.3) is 0 Å². The fraction of sp³-hybridized carbons (Fsp3) is 0.885. The number of nitrogens with one attached hydrogen (secondary N) is 1. The first-order valence-corrected chi connectivity index (χ1v) is 12.8. The normalized spacial score (nSPS) is 44.2. The van der Waals surface area contributed by atoms with Gasteiger partial charge in [0.05, 0.1) is 6.10 Å². The lowest BCUT2D eigenvalue weighted by Gasteiger charge is -2.60. The highest BCUT2D eigenvalue weighted by atomic mass is 16.4. The number of carbonyl (C=O) groups is 3. The van der Waals surface area contributed by atoms with Crippen molar-refractivity contribution in [3.8, 4) is 0 Å². The van der Waals surface area contributed by atoms with E-state index >= 15 is 0 Å². The summed E-state index contributed by atoms with van der Waals surface area (Å²) >= 11 is 0. The van der Waals surface area contributed by atoms with Crippen LogP contribution in [0.1, 0.15) is 85.0 Å². The molecule has 0 spiro atoms. The number of ketones is 1. The highest BCUT2D eigenvalue weighted by Gasteiger charge is 2.63. The van der Waals surface area contributed by atoms with Gasteiger partial charge in [-0.2, -0.15) is 0 Å². The Bertz CT molecular complexity index is 767. The summed E-state index contributed by atoms with van der Waals surface area (Å²) in [5.41, 5.74) is -0.111. The van der Waals surface area contributed by atoms with Crippen molar-refractivity contribution in [3.63, 3.8) is 0 Å². The first kappa shape index (κ1) is 23.7. The molecule has 180 valence electrons. The van der Waals surface area contributed by atoms with Gasteiger partial charge in [-0.05, 0) is 92.3 Å². The largest absolute Gasteiger partial charge is 0.480 e. The van der Waals surface area contributed by atoms with Gasteiger partial charge in [0.1, 0.15) is 12.3 Å². The molecule has 32 heavy (non-hydrogen) atoms. The number of hydrogen-bond acceptors (Lipinski definition) is 4. The van der Waals surface area contributed by atoms with Crippen LogP contribution in [0.3, 0.4) is 0 Å². The standard InChI is InChI=1S/C26H41NO5/c1-15(4-9-23(30)27-14-24(31)32)19-7-8-20-18-6-5-16-12-17(28)10-11-25(16,2)21(18)13-22(29)26(19,20)3/h15-21,28H,4-14H2,1-3H3,(H,27,30)(H,31,32)/t15-,16-,17-,18+,19-,20+,21+,25+,26-/m1/s1. The monoisotopic (exact) mass is 447 g/mol. The van der Waals surface area contributed by atoms with Gasteiger partial charge < -0.3 is 15.5 Å². The molecule has 0 aromatic carbocycles. The topological polar surface area (TPSA) is 104 Å². The van der Waals surface area contributed by atoms with Crippen molar-refractivity contribution in [1.82, 2.24) is 5.32 Å². The summed E-state index contributed by atoms with van der Waals surface area (Å²) in [6.07, 6.45) is 8.86. The molecule has 4 saturated carbocycles.